The van der Waals surface area contributed by atoms with Crippen LogP contribution in [0.3, 0.4) is 0 Å². The number of nitrogen functional groups attached to an aromatic ring is 1. The summed E-state index contributed by atoms with van der Waals surface area (Å²) in [6.07, 6.45) is 2.13. The van der Waals surface area contributed by atoms with Crippen molar-refractivity contribution in [3.05, 3.63) is 53.6 Å². The fourth-order valence-electron chi connectivity index (χ4n) is 2.25. The molecule has 3 heteroatoms. The minimum atomic E-state index is -0.0135. The van der Waals surface area contributed by atoms with E-state index in [4.69, 9.17) is 5.73 Å². The molecule has 0 saturated carbocycles. The lowest BCUT2D eigenvalue weighted by Crippen LogP contribution is -2.01. The molecule has 3 nitrogen and oxygen atoms in total. The van der Waals surface area contributed by atoms with E-state index in [1.807, 2.05) is 18.2 Å². The normalized spacial score (nSPS) is 10.3. The Kier molecular flexibility index (Phi) is 4.41. The van der Waals surface area contributed by atoms with Crippen molar-refractivity contribution >= 4 is 22.8 Å². The number of anilines is 3. The molecule has 0 bridgehead atoms. The topological polar surface area (TPSA) is 55.1 Å². The van der Waals surface area contributed by atoms with Gasteiger partial charge in [0.2, 0.25) is 0 Å². The highest BCUT2D eigenvalue weighted by atomic mass is 16.1. The largest absolute Gasteiger partial charge is 0.398 e. The quantitative estimate of drug-likeness (QED) is 0.632. The fourth-order valence-corrected chi connectivity index (χ4v) is 2.25. The number of nitrogens with one attached hydrogen (secondary N) is 1. The second-order valence-corrected chi connectivity index (χ2v) is 4.89. The van der Waals surface area contributed by atoms with Crippen molar-refractivity contribution < 1.29 is 4.79 Å². The van der Waals surface area contributed by atoms with Gasteiger partial charge in [0, 0.05) is 22.6 Å². The molecule has 0 radical (unpaired) electrons. The number of ketones is 1. The third-order valence-electron chi connectivity index (χ3n) is 3.25. The molecule has 0 unspecified atom stereocenters. The number of carbonyl (C=O) groups is 1. The van der Waals surface area contributed by atoms with Gasteiger partial charge in [0.25, 0.3) is 0 Å². The van der Waals surface area contributed by atoms with Crippen molar-refractivity contribution in [2.24, 2.45) is 0 Å². The SMILES string of the molecule is CCCc1ccccc1Nc1ccc(C(C)=O)c(N)c1. The number of Topliss-reactive ketones (excluding diaryl/α,β-unsaturated/α-hetero) is 1. The lowest BCUT2D eigenvalue weighted by Gasteiger charge is -2.13. The highest BCUT2D eigenvalue weighted by Crippen LogP contribution is 2.25. The van der Waals surface area contributed by atoms with Crippen molar-refractivity contribution in [1.29, 1.82) is 0 Å². The molecule has 0 atom stereocenters. The zero-order valence-electron chi connectivity index (χ0n) is 11.9. The van der Waals surface area contributed by atoms with E-state index in [2.05, 4.69) is 24.4 Å². The summed E-state index contributed by atoms with van der Waals surface area (Å²) < 4.78 is 0. The van der Waals surface area contributed by atoms with E-state index < -0.39 is 0 Å². The maximum absolute atomic E-state index is 11.4. The van der Waals surface area contributed by atoms with E-state index >= 15 is 0 Å². The van der Waals surface area contributed by atoms with Crippen LogP contribution in [0.15, 0.2) is 42.5 Å². The van der Waals surface area contributed by atoms with Crippen LogP contribution in [0.25, 0.3) is 0 Å². The summed E-state index contributed by atoms with van der Waals surface area (Å²) >= 11 is 0. The van der Waals surface area contributed by atoms with Gasteiger partial charge in [-0.2, -0.15) is 0 Å². The number of nitrogens with two attached hydrogens (primary N) is 1. The van der Waals surface area contributed by atoms with Gasteiger partial charge in [-0.1, -0.05) is 31.5 Å². The van der Waals surface area contributed by atoms with E-state index in [1.54, 1.807) is 12.1 Å². The standard InChI is InChI=1S/C17H20N2O/c1-3-6-13-7-4-5-8-17(13)19-14-9-10-15(12(2)20)16(18)11-14/h4-5,7-11,19H,3,6,18H2,1-2H3. The number of hydrogen-bond donors (Lipinski definition) is 2. The molecule has 0 aromatic heterocycles. The van der Waals surface area contributed by atoms with Gasteiger partial charge in [0.1, 0.15) is 0 Å². The Balaban J connectivity index is 2.26. The second-order valence-electron chi connectivity index (χ2n) is 4.89. The van der Waals surface area contributed by atoms with Crippen molar-refractivity contribution in [3.63, 3.8) is 0 Å². The molecule has 3 N–H and O–H groups in total. The average Bonchev–Trinajstić information content (AvgIpc) is 2.41. The van der Waals surface area contributed by atoms with Crippen molar-refractivity contribution in [2.75, 3.05) is 11.1 Å². The summed E-state index contributed by atoms with van der Waals surface area (Å²) in [6.45, 7) is 3.69. The first-order valence-corrected chi connectivity index (χ1v) is 6.87. The molecule has 2 aromatic carbocycles. The maximum Gasteiger partial charge on any atom is 0.161 e. The minimum absolute atomic E-state index is 0.0135. The number of carbonyl (C=O) groups excluding carboxylic acids is 1. The van der Waals surface area contributed by atoms with E-state index in [1.165, 1.54) is 12.5 Å². The zero-order valence-corrected chi connectivity index (χ0v) is 11.9. The van der Waals surface area contributed by atoms with Crippen LogP contribution in [-0.2, 0) is 6.42 Å². The molecule has 0 amide bonds. The minimum Gasteiger partial charge on any atom is -0.398 e. The van der Waals surface area contributed by atoms with Gasteiger partial charge in [-0.15, -0.1) is 0 Å². The van der Waals surface area contributed by atoms with Crippen LogP contribution in [0.4, 0.5) is 17.1 Å². The molecule has 0 aliphatic heterocycles. The van der Waals surface area contributed by atoms with Crippen molar-refractivity contribution in [2.45, 2.75) is 26.7 Å². The predicted octanol–water partition coefficient (Wildman–Crippen LogP) is 4.17. The molecular weight excluding hydrogens is 248 g/mol. The Labute approximate surface area is 119 Å². The smallest absolute Gasteiger partial charge is 0.161 e. The third kappa shape index (κ3) is 3.18. The van der Waals surface area contributed by atoms with E-state index in [0.29, 0.717) is 11.3 Å². The molecule has 0 fully saturated rings. The summed E-state index contributed by atoms with van der Waals surface area (Å²) in [5.41, 5.74) is 10.3. The van der Waals surface area contributed by atoms with Gasteiger partial charge < -0.3 is 11.1 Å². The zero-order chi connectivity index (χ0) is 14.5. The third-order valence-corrected chi connectivity index (χ3v) is 3.25. The fraction of sp³-hybridized carbons (Fsp3) is 0.235. The number of rotatable bonds is 5. The molecule has 0 spiro atoms. The molecule has 2 rings (SSSR count). The number of hydrogen-bond acceptors (Lipinski definition) is 3. The highest BCUT2D eigenvalue weighted by molar-refractivity contribution is 5.99. The van der Waals surface area contributed by atoms with E-state index in [9.17, 15) is 4.79 Å². The van der Waals surface area contributed by atoms with Crippen molar-refractivity contribution in [1.82, 2.24) is 0 Å². The predicted molar refractivity (Wildman–Crippen MR) is 84.6 cm³/mol. The summed E-state index contributed by atoms with van der Waals surface area (Å²) in [6, 6.07) is 13.7. The molecular formula is C17H20N2O. The van der Waals surface area contributed by atoms with Crippen LogP contribution in [0.1, 0.15) is 36.2 Å². The van der Waals surface area contributed by atoms with Crippen LogP contribution in [-0.4, -0.2) is 5.78 Å². The summed E-state index contributed by atoms with van der Waals surface area (Å²) in [7, 11) is 0. The molecule has 0 aliphatic rings. The number of aryl methyl sites for hydroxylation is 1. The van der Waals surface area contributed by atoms with Crippen molar-refractivity contribution in [3.8, 4) is 0 Å². The van der Waals surface area contributed by atoms with Gasteiger partial charge in [-0.05, 0) is 43.2 Å². The Morgan fingerprint density at radius 2 is 1.95 bits per heavy atom. The number of benzene rings is 2. The average molecular weight is 268 g/mol. The summed E-state index contributed by atoms with van der Waals surface area (Å²) in [4.78, 5) is 11.4. The Hall–Kier alpha value is -2.29. The van der Waals surface area contributed by atoms with Gasteiger partial charge in [-0.25, -0.2) is 0 Å². The molecule has 2 aromatic rings. The lowest BCUT2D eigenvalue weighted by molar-refractivity contribution is 0.101. The summed E-state index contributed by atoms with van der Waals surface area (Å²) in [5.74, 6) is -0.0135. The van der Waals surface area contributed by atoms with Crippen LogP contribution >= 0.6 is 0 Å². The molecule has 0 aliphatic carbocycles. The van der Waals surface area contributed by atoms with Gasteiger partial charge in [-0.3, -0.25) is 4.79 Å². The Morgan fingerprint density at radius 1 is 1.20 bits per heavy atom. The molecule has 0 heterocycles. The summed E-state index contributed by atoms with van der Waals surface area (Å²) in [5, 5.41) is 3.37. The second kappa shape index (κ2) is 6.24. The van der Waals surface area contributed by atoms with Crippen LogP contribution in [0.5, 0.6) is 0 Å². The molecule has 0 saturated heterocycles. The number of para-hydroxylation sites is 1. The molecule has 20 heavy (non-hydrogen) atoms. The van der Waals surface area contributed by atoms with Gasteiger partial charge >= 0.3 is 0 Å². The van der Waals surface area contributed by atoms with Crippen LogP contribution < -0.4 is 11.1 Å². The van der Waals surface area contributed by atoms with Crippen LogP contribution in [0, 0.1) is 0 Å². The molecule has 104 valence electrons. The van der Waals surface area contributed by atoms with Gasteiger partial charge in [0.15, 0.2) is 5.78 Å². The lowest BCUT2D eigenvalue weighted by atomic mass is 10.1. The van der Waals surface area contributed by atoms with Gasteiger partial charge in [0.05, 0.1) is 0 Å². The Morgan fingerprint density at radius 3 is 2.60 bits per heavy atom. The van der Waals surface area contributed by atoms with Crippen LogP contribution in [0.2, 0.25) is 0 Å². The first kappa shape index (κ1) is 14.1. The maximum atomic E-state index is 11.4. The highest BCUT2D eigenvalue weighted by Gasteiger charge is 2.06. The monoisotopic (exact) mass is 268 g/mol. The van der Waals surface area contributed by atoms with E-state index in [0.717, 1.165) is 24.2 Å². The van der Waals surface area contributed by atoms with E-state index in [-0.39, 0.29) is 5.78 Å². The first-order chi connectivity index (χ1) is 9.61. The first-order valence-electron chi connectivity index (χ1n) is 6.87. The Bertz CT molecular complexity index is 620.